The van der Waals surface area contributed by atoms with Gasteiger partial charge in [0.05, 0.1) is 11.8 Å². The second kappa shape index (κ2) is 4.75. The van der Waals surface area contributed by atoms with Crippen molar-refractivity contribution >= 4 is 0 Å². The molecular weight excluding hydrogens is 186 g/mol. The van der Waals surface area contributed by atoms with Crippen molar-refractivity contribution in [2.24, 2.45) is 5.41 Å². The van der Waals surface area contributed by atoms with E-state index < -0.39 is 6.10 Å². The monoisotopic (exact) mass is 207 g/mol. The SMILES string of the molecule is Cc1cccc([C@@H](O)CCC(C)(C)C)n1. The molecular formula is C13H21NO. The van der Waals surface area contributed by atoms with Gasteiger partial charge in [-0.25, -0.2) is 0 Å². The number of aromatic nitrogens is 1. The normalized spacial score (nSPS) is 13.9. The summed E-state index contributed by atoms with van der Waals surface area (Å²) < 4.78 is 0. The Balaban J connectivity index is 2.58. The fourth-order valence-electron chi connectivity index (χ4n) is 1.47. The Labute approximate surface area is 92.4 Å². The van der Waals surface area contributed by atoms with E-state index in [1.54, 1.807) is 0 Å². The Bertz CT molecular complexity index is 315. The van der Waals surface area contributed by atoms with Crippen molar-refractivity contribution < 1.29 is 5.11 Å². The van der Waals surface area contributed by atoms with Crippen molar-refractivity contribution in [1.82, 2.24) is 4.98 Å². The van der Waals surface area contributed by atoms with Crippen molar-refractivity contribution in [3.63, 3.8) is 0 Å². The van der Waals surface area contributed by atoms with Gasteiger partial charge in [0.25, 0.3) is 0 Å². The molecule has 0 bridgehead atoms. The summed E-state index contributed by atoms with van der Waals surface area (Å²) in [5.74, 6) is 0. The number of rotatable bonds is 3. The molecule has 1 heterocycles. The van der Waals surface area contributed by atoms with Gasteiger partial charge in [0, 0.05) is 5.69 Å². The van der Waals surface area contributed by atoms with Gasteiger partial charge in [0.1, 0.15) is 0 Å². The lowest BCUT2D eigenvalue weighted by Gasteiger charge is -2.20. The summed E-state index contributed by atoms with van der Waals surface area (Å²) in [6.07, 6.45) is 1.35. The molecule has 1 N–H and O–H groups in total. The molecule has 1 atom stereocenters. The predicted octanol–water partition coefficient (Wildman–Crippen LogP) is 3.25. The third kappa shape index (κ3) is 4.43. The average Bonchev–Trinajstić information content (AvgIpc) is 2.13. The van der Waals surface area contributed by atoms with Gasteiger partial charge in [-0.1, -0.05) is 26.8 Å². The number of hydrogen-bond donors (Lipinski definition) is 1. The number of aliphatic hydroxyl groups is 1. The lowest BCUT2D eigenvalue weighted by molar-refractivity contribution is 0.143. The molecule has 2 heteroatoms. The second-order valence-corrected chi connectivity index (χ2v) is 5.32. The van der Waals surface area contributed by atoms with Crippen LogP contribution in [0.3, 0.4) is 0 Å². The maximum absolute atomic E-state index is 9.95. The third-order valence-electron chi connectivity index (χ3n) is 2.42. The Morgan fingerprint density at radius 3 is 2.53 bits per heavy atom. The van der Waals surface area contributed by atoms with Crippen LogP contribution in [0, 0.1) is 12.3 Å². The number of hydrogen-bond acceptors (Lipinski definition) is 2. The predicted molar refractivity (Wildman–Crippen MR) is 62.6 cm³/mol. The highest BCUT2D eigenvalue weighted by atomic mass is 16.3. The molecule has 0 unspecified atom stereocenters. The Morgan fingerprint density at radius 1 is 1.33 bits per heavy atom. The van der Waals surface area contributed by atoms with Crippen molar-refractivity contribution in [3.05, 3.63) is 29.6 Å². The molecule has 15 heavy (non-hydrogen) atoms. The molecule has 0 radical (unpaired) electrons. The van der Waals surface area contributed by atoms with Gasteiger partial charge in [-0.15, -0.1) is 0 Å². The first kappa shape index (κ1) is 12.2. The average molecular weight is 207 g/mol. The van der Waals surface area contributed by atoms with Crippen LogP contribution in [0.15, 0.2) is 18.2 Å². The van der Waals surface area contributed by atoms with Crippen LogP contribution in [0.2, 0.25) is 0 Å². The minimum Gasteiger partial charge on any atom is -0.387 e. The van der Waals surface area contributed by atoms with Crippen molar-refractivity contribution in [3.8, 4) is 0 Å². The van der Waals surface area contributed by atoms with Gasteiger partial charge in [-0.05, 0) is 37.3 Å². The van der Waals surface area contributed by atoms with Crippen LogP contribution in [-0.2, 0) is 0 Å². The van der Waals surface area contributed by atoms with E-state index in [0.717, 1.165) is 24.2 Å². The lowest BCUT2D eigenvalue weighted by atomic mass is 9.89. The summed E-state index contributed by atoms with van der Waals surface area (Å²) in [5.41, 5.74) is 2.02. The molecule has 0 aliphatic heterocycles. The number of aryl methyl sites for hydroxylation is 1. The van der Waals surface area contributed by atoms with Crippen molar-refractivity contribution in [1.29, 1.82) is 0 Å². The Kier molecular flexibility index (Phi) is 3.86. The maximum atomic E-state index is 9.95. The van der Waals surface area contributed by atoms with Crippen LogP contribution < -0.4 is 0 Å². The van der Waals surface area contributed by atoms with Crippen LogP contribution in [-0.4, -0.2) is 10.1 Å². The molecule has 0 saturated heterocycles. The molecule has 1 aromatic rings. The zero-order valence-electron chi connectivity index (χ0n) is 10.1. The van der Waals surface area contributed by atoms with Gasteiger partial charge >= 0.3 is 0 Å². The van der Waals surface area contributed by atoms with E-state index in [0.29, 0.717) is 0 Å². The highest BCUT2D eigenvalue weighted by molar-refractivity contribution is 5.11. The number of pyridine rings is 1. The van der Waals surface area contributed by atoms with Gasteiger partial charge in [-0.3, -0.25) is 4.98 Å². The summed E-state index contributed by atoms with van der Waals surface area (Å²) in [4.78, 5) is 4.32. The first-order valence-electron chi connectivity index (χ1n) is 5.50. The first-order valence-corrected chi connectivity index (χ1v) is 5.50. The van der Waals surface area contributed by atoms with E-state index >= 15 is 0 Å². The quantitative estimate of drug-likeness (QED) is 0.825. The van der Waals surface area contributed by atoms with Gasteiger partial charge in [-0.2, -0.15) is 0 Å². The molecule has 0 fully saturated rings. The highest BCUT2D eigenvalue weighted by Gasteiger charge is 2.15. The van der Waals surface area contributed by atoms with Crippen LogP contribution in [0.4, 0.5) is 0 Å². The van der Waals surface area contributed by atoms with E-state index in [2.05, 4.69) is 25.8 Å². The summed E-state index contributed by atoms with van der Waals surface area (Å²) in [5, 5.41) is 9.95. The van der Waals surface area contributed by atoms with Gasteiger partial charge in [0.2, 0.25) is 0 Å². The summed E-state index contributed by atoms with van der Waals surface area (Å²) in [6, 6.07) is 5.78. The van der Waals surface area contributed by atoms with Gasteiger partial charge in [0.15, 0.2) is 0 Å². The largest absolute Gasteiger partial charge is 0.387 e. The Morgan fingerprint density at radius 2 is 2.00 bits per heavy atom. The van der Waals surface area contributed by atoms with Crippen LogP contribution in [0.5, 0.6) is 0 Å². The first-order chi connectivity index (χ1) is 6.88. The molecule has 0 spiro atoms. The standard InChI is InChI=1S/C13H21NO/c1-10-6-5-7-11(14-10)12(15)8-9-13(2,3)4/h5-7,12,15H,8-9H2,1-4H3/t12-/m0/s1. The lowest BCUT2D eigenvalue weighted by Crippen LogP contribution is -2.09. The fraction of sp³-hybridized carbons (Fsp3) is 0.615. The smallest absolute Gasteiger partial charge is 0.0960 e. The van der Waals surface area contributed by atoms with Crippen molar-refractivity contribution in [2.75, 3.05) is 0 Å². The zero-order chi connectivity index (χ0) is 11.5. The molecule has 0 aromatic carbocycles. The van der Waals surface area contributed by atoms with E-state index in [1.807, 2.05) is 25.1 Å². The minimum absolute atomic E-state index is 0.269. The van der Waals surface area contributed by atoms with E-state index in [4.69, 9.17) is 0 Å². The summed E-state index contributed by atoms with van der Waals surface area (Å²) >= 11 is 0. The van der Waals surface area contributed by atoms with Crippen molar-refractivity contribution in [2.45, 2.75) is 46.6 Å². The van der Waals surface area contributed by atoms with E-state index in [9.17, 15) is 5.11 Å². The molecule has 0 saturated carbocycles. The maximum Gasteiger partial charge on any atom is 0.0960 e. The molecule has 1 aromatic heterocycles. The van der Waals surface area contributed by atoms with E-state index in [-0.39, 0.29) is 5.41 Å². The molecule has 0 aliphatic carbocycles. The van der Waals surface area contributed by atoms with Crippen LogP contribution >= 0.6 is 0 Å². The molecule has 1 rings (SSSR count). The third-order valence-corrected chi connectivity index (χ3v) is 2.42. The molecule has 84 valence electrons. The molecule has 2 nitrogen and oxygen atoms in total. The van der Waals surface area contributed by atoms with Crippen LogP contribution in [0.1, 0.15) is 51.1 Å². The zero-order valence-corrected chi connectivity index (χ0v) is 10.1. The number of nitrogens with zero attached hydrogens (tertiary/aromatic N) is 1. The topological polar surface area (TPSA) is 33.1 Å². The minimum atomic E-state index is -0.427. The second-order valence-electron chi connectivity index (χ2n) is 5.32. The van der Waals surface area contributed by atoms with Gasteiger partial charge < -0.3 is 5.11 Å². The van der Waals surface area contributed by atoms with Crippen LogP contribution in [0.25, 0.3) is 0 Å². The van der Waals surface area contributed by atoms with E-state index in [1.165, 1.54) is 0 Å². The summed E-state index contributed by atoms with van der Waals surface area (Å²) in [6.45, 7) is 8.50. The molecule has 0 aliphatic rings. The summed E-state index contributed by atoms with van der Waals surface area (Å²) in [7, 11) is 0. The fourth-order valence-corrected chi connectivity index (χ4v) is 1.47. The number of aliphatic hydroxyl groups excluding tert-OH is 1. The molecule has 0 amide bonds. The Hall–Kier alpha value is -0.890. The highest BCUT2D eigenvalue weighted by Crippen LogP contribution is 2.26.